The van der Waals surface area contributed by atoms with Gasteiger partial charge in [-0.05, 0) is 44.0 Å². The fourth-order valence-corrected chi connectivity index (χ4v) is 3.62. The number of ether oxygens (including phenoxy) is 1. The molecule has 1 N–H and O–H groups in total. The summed E-state index contributed by atoms with van der Waals surface area (Å²) in [7, 11) is 0. The topological polar surface area (TPSA) is 69.0 Å². The Labute approximate surface area is 168 Å². The molecule has 1 aliphatic carbocycles. The van der Waals surface area contributed by atoms with Crippen molar-refractivity contribution >= 4 is 17.7 Å². The van der Waals surface area contributed by atoms with Crippen molar-refractivity contribution in [3.8, 4) is 22.8 Å². The molecule has 28 heavy (non-hydrogen) atoms. The Morgan fingerprint density at radius 3 is 2.57 bits per heavy atom. The monoisotopic (exact) mass is 394 g/mol. The second-order valence-electron chi connectivity index (χ2n) is 6.56. The van der Waals surface area contributed by atoms with Crippen molar-refractivity contribution in [3.05, 3.63) is 54.6 Å². The van der Waals surface area contributed by atoms with Crippen LogP contribution in [0.4, 0.5) is 0 Å². The molecule has 1 heterocycles. The van der Waals surface area contributed by atoms with Crippen LogP contribution in [-0.4, -0.2) is 39.1 Å². The van der Waals surface area contributed by atoms with E-state index in [4.69, 9.17) is 4.74 Å². The van der Waals surface area contributed by atoms with E-state index < -0.39 is 0 Å². The highest BCUT2D eigenvalue weighted by Crippen LogP contribution is 2.29. The lowest BCUT2D eigenvalue weighted by Gasteiger charge is -2.11. The Balaban J connectivity index is 1.63. The Kier molecular flexibility index (Phi) is 5.62. The van der Waals surface area contributed by atoms with E-state index in [0.29, 0.717) is 23.6 Å². The zero-order chi connectivity index (χ0) is 19.3. The molecule has 3 aromatic rings. The smallest absolute Gasteiger partial charge is 0.230 e. The van der Waals surface area contributed by atoms with Crippen LogP contribution in [0.3, 0.4) is 0 Å². The van der Waals surface area contributed by atoms with Crippen molar-refractivity contribution in [2.24, 2.45) is 0 Å². The molecule has 0 bridgehead atoms. The molecule has 4 rings (SSSR count). The molecule has 0 saturated heterocycles. The van der Waals surface area contributed by atoms with Gasteiger partial charge in [0.1, 0.15) is 5.75 Å². The van der Waals surface area contributed by atoms with Gasteiger partial charge in [0, 0.05) is 17.3 Å². The van der Waals surface area contributed by atoms with Crippen molar-refractivity contribution in [1.82, 2.24) is 20.1 Å². The maximum Gasteiger partial charge on any atom is 0.230 e. The van der Waals surface area contributed by atoms with Gasteiger partial charge in [-0.3, -0.25) is 9.36 Å². The minimum absolute atomic E-state index is 0.0370. The molecule has 0 spiro atoms. The van der Waals surface area contributed by atoms with Crippen LogP contribution in [0.1, 0.15) is 19.8 Å². The third-order valence-electron chi connectivity index (χ3n) is 4.35. The lowest BCUT2D eigenvalue weighted by molar-refractivity contribution is -0.118. The van der Waals surface area contributed by atoms with Crippen LogP contribution < -0.4 is 10.1 Å². The van der Waals surface area contributed by atoms with Gasteiger partial charge in [-0.1, -0.05) is 42.1 Å². The molecule has 1 aromatic heterocycles. The number of carbonyl (C=O) groups excluding carboxylic acids is 1. The van der Waals surface area contributed by atoms with Crippen LogP contribution in [0.15, 0.2) is 59.8 Å². The molecule has 1 fully saturated rings. The first-order valence-electron chi connectivity index (χ1n) is 9.41. The third-order valence-corrected chi connectivity index (χ3v) is 5.28. The summed E-state index contributed by atoms with van der Waals surface area (Å²) in [6, 6.07) is 18.1. The van der Waals surface area contributed by atoms with E-state index in [9.17, 15) is 4.79 Å². The number of aromatic nitrogens is 3. The molecule has 1 amide bonds. The number of carbonyl (C=O) groups is 1. The van der Waals surface area contributed by atoms with Gasteiger partial charge in [0.05, 0.1) is 12.4 Å². The van der Waals surface area contributed by atoms with E-state index in [2.05, 4.69) is 15.5 Å². The summed E-state index contributed by atoms with van der Waals surface area (Å²) in [4.78, 5) is 12.1. The molecule has 6 nitrogen and oxygen atoms in total. The quantitative estimate of drug-likeness (QED) is 0.590. The summed E-state index contributed by atoms with van der Waals surface area (Å²) in [6.07, 6.45) is 2.16. The highest BCUT2D eigenvalue weighted by atomic mass is 32.2. The molecule has 7 heteroatoms. The largest absolute Gasteiger partial charge is 0.494 e. The first-order chi connectivity index (χ1) is 13.7. The minimum atomic E-state index is 0.0370. The summed E-state index contributed by atoms with van der Waals surface area (Å²) in [5.41, 5.74) is 1.90. The highest BCUT2D eigenvalue weighted by molar-refractivity contribution is 7.99. The van der Waals surface area contributed by atoms with Crippen LogP contribution in [0.25, 0.3) is 17.1 Å². The van der Waals surface area contributed by atoms with Crippen molar-refractivity contribution in [2.45, 2.75) is 31.0 Å². The van der Waals surface area contributed by atoms with E-state index in [-0.39, 0.29) is 5.91 Å². The number of benzene rings is 2. The minimum Gasteiger partial charge on any atom is -0.494 e. The van der Waals surface area contributed by atoms with Gasteiger partial charge in [0.15, 0.2) is 11.0 Å². The second kappa shape index (κ2) is 8.48. The van der Waals surface area contributed by atoms with Gasteiger partial charge in [-0.25, -0.2) is 0 Å². The van der Waals surface area contributed by atoms with Crippen LogP contribution >= 0.6 is 11.8 Å². The van der Waals surface area contributed by atoms with Crippen LogP contribution in [-0.2, 0) is 4.79 Å². The van der Waals surface area contributed by atoms with Crippen LogP contribution in [0, 0.1) is 0 Å². The number of thioether (sulfide) groups is 1. The first kappa shape index (κ1) is 18.6. The van der Waals surface area contributed by atoms with Gasteiger partial charge in [-0.2, -0.15) is 0 Å². The predicted molar refractivity (Wildman–Crippen MR) is 110 cm³/mol. The molecule has 0 aliphatic heterocycles. The van der Waals surface area contributed by atoms with Gasteiger partial charge >= 0.3 is 0 Å². The molecule has 1 aliphatic rings. The number of nitrogens with zero attached hydrogens (tertiary/aromatic N) is 3. The number of hydrogen-bond donors (Lipinski definition) is 1. The van der Waals surface area contributed by atoms with Crippen molar-refractivity contribution in [2.75, 3.05) is 12.4 Å². The van der Waals surface area contributed by atoms with E-state index in [1.54, 1.807) is 0 Å². The zero-order valence-corrected chi connectivity index (χ0v) is 16.5. The number of rotatable bonds is 8. The Morgan fingerprint density at radius 2 is 1.89 bits per heavy atom. The number of nitrogens with one attached hydrogen (secondary N) is 1. The highest BCUT2D eigenvalue weighted by Gasteiger charge is 2.24. The summed E-state index contributed by atoms with van der Waals surface area (Å²) in [6.45, 7) is 2.58. The molecule has 0 atom stereocenters. The summed E-state index contributed by atoms with van der Waals surface area (Å²) < 4.78 is 7.53. The fraction of sp³-hybridized carbons (Fsp3) is 0.286. The maximum atomic E-state index is 12.1. The van der Waals surface area contributed by atoms with Crippen LogP contribution in [0.2, 0.25) is 0 Å². The lowest BCUT2D eigenvalue weighted by Crippen LogP contribution is -2.27. The number of hydrogen-bond acceptors (Lipinski definition) is 5. The Morgan fingerprint density at radius 1 is 1.14 bits per heavy atom. The molecule has 0 unspecified atom stereocenters. The van der Waals surface area contributed by atoms with Gasteiger partial charge < -0.3 is 10.1 Å². The van der Waals surface area contributed by atoms with Crippen molar-refractivity contribution in [1.29, 1.82) is 0 Å². The van der Waals surface area contributed by atoms with Crippen molar-refractivity contribution in [3.63, 3.8) is 0 Å². The first-order valence-corrected chi connectivity index (χ1v) is 10.4. The fourth-order valence-electron chi connectivity index (χ4n) is 2.86. The number of amides is 1. The lowest BCUT2D eigenvalue weighted by atomic mass is 10.2. The molecular formula is C21H22N4O2S. The van der Waals surface area contributed by atoms with Crippen LogP contribution in [0.5, 0.6) is 5.75 Å². The summed E-state index contributed by atoms with van der Waals surface area (Å²) in [5, 5.41) is 12.5. The van der Waals surface area contributed by atoms with Gasteiger partial charge in [0.25, 0.3) is 0 Å². The van der Waals surface area contributed by atoms with E-state index >= 15 is 0 Å². The van der Waals surface area contributed by atoms with E-state index in [1.165, 1.54) is 11.8 Å². The van der Waals surface area contributed by atoms with Gasteiger partial charge in [-0.15, -0.1) is 10.2 Å². The van der Waals surface area contributed by atoms with Crippen molar-refractivity contribution < 1.29 is 9.53 Å². The summed E-state index contributed by atoms with van der Waals surface area (Å²) in [5.74, 6) is 1.92. The van der Waals surface area contributed by atoms with Gasteiger partial charge in [0.2, 0.25) is 5.91 Å². The maximum absolute atomic E-state index is 12.1. The van der Waals surface area contributed by atoms with E-state index in [1.807, 2.05) is 66.1 Å². The standard InChI is InChI=1S/C21H22N4O2S/c1-2-27-18-12-10-17(11-13-18)25-20(15-6-4-3-5-7-15)23-24-21(25)28-14-19(26)22-16-8-9-16/h3-7,10-13,16H,2,8-9,14H2,1H3,(H,22,26). The SMILES string of the molecule is CCOc1ccc(-n2c(SCC(=O)NC3CC3)nnc2-c2ccccc2)cc1. The van der Waals surface area contributed by atoms with E-state index in [0.717, 1.165) is 35.7 Å². The Bertz CT molecular complexity index is 937. The molecule has 144 valence electrons. The zero-order valence-electron chi connectivity index (χ0n) is 15.7. The normalized spacial score (nSPS) is 13.3. The average Bonchev–Trinajstić information content (AvgIpc) is 3.43. The molecule has 2 aromatic carbocycles. The molecular weight excluding hydrogens is 372 g/mol. The second-order valence-corrected chi connectivity index (χ2v) is 7.51. The predicted octanol–water partition coefficient (Wildman–Crippen LogP) is 3.70. The Hall–Kier alpha value is -2.80. The average molecular weight is 395 g/mol. The summed E-state index contributed by atoms with van der Waals surface area (Å²) >= 11 is 1.40. The third kappa shape index (κ3) is 4.36. The molecule has 1 saturated carbocycles. The molecule has 0 radical (unpaired) electrons.